The average molecular weight is 146 g/mol. The van der Waals surface area contributed by atoms with E-state index in [1.54, 1.807) is 0 Å². The highest BCUT2D eigenvalue weighted by molar-refractivity contribution is 4.42. The van der Waals surface area contributed by atoms with Gasteiger partial charge in [0, 0.05) is 19.8 Å². The second-order valence-electron chi connectivity index (χ2n) is 2.87. The van der Waals surface area contributed by atoms with Crippen LogP contribution in [0.15, 0.2) is 0 Å². The van der Waals surface area contributed by atoms with E-state index in [4.69, 9.17) is 9.84 Å². The molecule has 0 amide bonds. The van der Waals surface area contributed by atoms with E-state index in [0.29, 0.717) is 12.5 Å². The van der Waals surface area contributed by atoms with Gasteiger partial charge in [-0.3, -0.25) is 0 Å². The van der Waals surface area contributed by atoms with Gasteiger partial charge >= 0.3 is 0 Å². The molecule has 62 valence electrons. The lowest BCUT2D eigenvalue weighted by Crippen LogP contribution is -2.01. The smallest absolute Gasteiger partial charge is 0.0487 e. The van der Waals surface area contributed by atoms with Crippen molar-refractivity contribution in [1.29, 1.82) is 0 Å². The summed E-state index contributed by atoms with van der Waals surface area (Å²) in [5.74, 6) is 0.717. The van der Waals surface area contributed by atoms with Crippen LogP contribution < -0.4 is 0 Å². The standard InChI is InChI=1S/C8H18O2/c1-8(2)4-7-10-6-3-5-9/h8-9H,3-7H2,1-2H3. The average Bonchev–Trinajstić information content (AvgIpc) is 1.87. The van der Waals surface area contributed by atoms with E-state index >= 15 is 0 Å². The fraction of sp³-hybridized carbons (Fsp3) is 1.00. The molecule has 0 aromatic rings. The monoisotopic (exact) mass is 146 g/mol. The molecule has 0 aliphatic heterocycles. The van der Waals surface area contributed by atoms with Gasteiger partial charge in [-0.05, 0) is 18.8 Å². The lowest BCUT2D eigenvalue weighted by molar-refractivity contribution is 0.107. The zero-order chi connectivity index (χ0) is 7.82. The first-order valence-electron chi connectivity index (χ1n) is 3.96. The molecule has 0 atom stereocenters. The van der Waals surface area contributed by atoms with Gasteiger partial charge in [0.05, 0.1) is 0 Å². The van der Waals surface area contributed by atoms with Crippen LogP contribution in [0.25, 0.3) is 0 Å². The maximum atomic E-state index is 8.39. The normalized spacial score (nSPS) is 10.8. The van der Waals surface area contributed by atoms with Gasteiger partial charge in [0.1, 0.15) is 0 Å². The summed E-state index contributed by atoms with van der Waals surface area (Å²) in [5, 5.41) is 8.39. The largest absolute Gasteiger partial charge is 0.396 e. The van der Waals surface area contributed by atoms with Crippen LogP contribution in [0.2, 0.25) is 0 Å². The van der Waals surface area contributed by atoms with E-state index in [0.717, 1.165) is 19.4 Å². The molecule has 0 aliphatic carbocycles. The molecule has 0 spiro atoms. The Kier molecular flexibility index (Phi) is 6.98. The molecule has 0 saturated heterocycles. The summed E-state index contributed by atoms with van der Waals surface area (Å²) in [4.78, 5) is 0. The highest BCUT2D eigenvalue weighted by atomic mass is 16.5. The predicted molar refractivity (Wildman–Crippen MR) is 42.0 cm³/mol. The summed E-state index contributed by atoms with van der Waals surface area (Å²) < 4.78 is 5.22. The third-order valence-electron chi connectivity index (χ3n) is 1.29. The third-order valence-corrected chi connectivity index (χ3v) is 1.29. The highest BCUT2D eigenvalue weighted by Crippen LogP contribution is 1.98. The SMILES string of the molecule is CC(C)CCOCCCO. The first-order valence-corrected chi connectivity index (χ1v) is 3.96. The molecule has 2 nitrogen and oxygen atoms in total. The summed E-state index contributed by atoms with van der Waals surface area (Å²) in [7, 11) is 0. The van der Waals surface area contributed by atoms with Crippen molar-refractivity contribution in [2.24, 2.45) is 5.92 Å². The minimum absolute atomic E-state index is 0.238. The Bertz CT molecular complexity index is 62.3. The molecule has 0 aromatic carbocycles. The van der Waals surface area contributed by atoms with Crippen LogP contribution in [0.4, 0.5) is 0 Å². The Hall–Kier alpha value is -0.0800. The van der Waals surface area contributed by atoms with Crippen LogP contribution in [0.3, 0.4) is 0 Å². The van der Waals surface area contributed by atoms with Gasteiger partial charge in [-0.2, -0.15) is 0 Å². The first kappa shape index (κ1) is 9.92. The molecule has 2 heteroatoms. The van der Waals surface area contributed by atoms with Gasteiger partial charge in [0.2, 0.25) is 0 Å². The Morgan fingerprint density at radius 2 is 2.00 bits per heavy atom. The van der Waals surface area contributed by atoms with E-state index in [9.17, 15) is 0 Å². The van der Waals surface area contributed by atoms with E-state index in [-0.39, 0.29) is 6.61 Å². The lowest BCUT2D eigenvalue weighted by atomic mass is 10.1. The Labute approximate surface area is 63.2 Å². The van der Waals surface area contributed by atoms with Gasteiger partial charge in [0.25, 0.3) is 0 Å². The number of ether oxygens (including phenoxy) is 1. The van der Waals surface area contributed by atoms with Crippen LogP contribution in [0.1, 0.15) is 26.7 Å². The fourth-order valence-electron chi connectivity index (χ4n) is 0.588. The van der Waals surface area contributed by atoms with Crippen molar-refractivity contribution >= 4 is 0 Å². The van der Waals surface area contributed by atoms with Crippen LogP contribution in [-0.2, 0) is 4.74 Å². The molecule has 0 bridgehead atoms. The van der Waals surface area contributed by atoms with E-state index in [1.807, 2.05) is 0 Å². The molecule has 0 aromatic heterocycles. The second kappa shape index (κ2) is 7.03. The Balaban J connectivity index is 2.77. The molecule has 0 rings (SSSR count). The molecule has 0 unspecified atom stereocenters. The second-order valence-corrected chi connectivity index (χ2v) is 2.87. The first-order chi connectivity index (χ1) is 4.77. The van der Waals surface area contributed by atoms with E-state index < -0.39 is 0 Å². The Morgan fingerprint density at radius 1 is 1.30 bits per heavy atom. The highest BCUT2D eigenvalue weighted by Gasteiger charge is 1.92. The van der Waals surface area contributed by atoms with Gasteiger partial charge in [-0.15, -0.1) is 0 Å². The van der Waals surface area contributed by atoms with E-state index in [2.05, 4.69) is 13.8 Å². The predicted octanol–water partition coefficient (Wildman–Crippen LogP) is 1.43. The van der Waals surface area contributed by atoms with Crippen LogP contribution >= 0.6 is 0 Å². The number of aliphatic hydroxyl groups excluding tert-OH is 1. The van der Waals surface area contributed by atoms with Crippen molar-refractivity contribution in [2.45, 2.75) is 26.7 Å². The quantitative estimate of drug-likeness (QED) is 0.574. The summed E-state index contributed by atoms with van der Waals surface area (Å²) in [6.45, 7) is 6.12. The molecule has 0 heterocycles. The van der Waals surface area contributed by atoms with Gasteiger partial charge in [0.15, 0.2) is 0 Å². The van der Waals surface area contributed by atoms with Crippen molar-refractivity contribution in [1.82, 2.24) is 0 Å². The van der Waals surface area contributed by atoms with Gasteiger partial charge < -0.3 is 9.84 Å². The molecule has 0 radical (unpaired) electrons. The van der Waals surface area contributed by atoms with Crippen LogP contribution in [0.5, 0.6) is 0 Å². The maximum absolute atomic E-state index is 8.39. The van der Waals surface area contributed by atoms with Crippen molar-refractivity contribution in [3.05, 3.63) is 0 Å². The van der Waals surface area contributed by atoms with Gasteiger partial charge in [-0.1, -0.05) is 13.8 Å². The fourth-order valence-corrected chi connectivity index (χ4v) is 0.588. The molecule has 0 aliphatic rings. The lowest BCUT2D eigenvalue weighted by Gasteiger charge is -2.04. The maximum Gasteiger partial charge on any atom is 0.0487 e. The molecule has 0 saturated carbocycles. The molecular formula is C8H18O2. The molecular weight excluding hydrogens is 128 g/mol. The summed E-state index contributed by atoms with van der Waals surface area (Å²) in [5.41, 5.74) is 0. The Morgan fingerprint density at radius 3 is 2.50 bits per heavy atom. The number of hydrogen-bond donors (Lipinski definition) is 1. The molecule has 1 N–H and O–H groups in total. The van der Waals surface area contributed by atoms with Gasteiger partial charge in [-0.25, -0.2) is 0 Å². The number of hydrogen-bond acceptors (Lipinski definition) is 2. The van der Waals surface area contributed by atoms with Crippen molar-refractivity contribution in [3.63, 3.8) is 0 Å². The number of aliphatic hydroxyl groups is 1. The van der Waals surface area contributed by atoms with E-state index in [1.165, 1.54) is 0 Å². The zero-order valence-electron chi connectivity index (χ0n) is 6.97. The number of rotatable bonds is 6. The third kappa shape index (κ3) is 7.92. The molecule has 0 fully saturated rings. The van der Waals surface area contributed by atoms with Crippen molar-refractivity contribution in [2.75, 3.05) is 19.8 Å². The molecule has 10 heavy (non-hydrogen) atoms. The zero-order valence-corrected chi connectivity index (χ0v) is 6.97. The topological polar surface area (TPSA) is 29.5 Å². The summed E-state index contributed by atoms with van der Waals surface area (Å²) in [6, 6.07) is 0. The van der Waals surface area contributed by atoms with Crippen LogP contribution in [-0.4, -0.2) is 24.9 Å². The minimum Gasteiger partial charge on any atom is -0.396 e. The summed E-state index contributed by atoms with van der Waals surface area (Å²) >= 11 is 0. The summed E-state index contributed by atoms with van der Waals surface area (Å²) in [6.07, 6.45) is 1.88. The van der Waals surface area contributed by atoms with Crippen molar-refractivity contribution < 1.29 is 9.84 Å². The van der Waals surface area contributed by atoms with Crippen LogP contribution in [0, 0.1) is 5.92 Å². The minimum atomic E-state index is 0.238. The van der Waals surface area contributed by atoms with Crippen molar-refractivity contribution in [3.8, 4) is 0 Å².